The minimum Gasteiger partial charge on any atom is -0.497 e. The fourth-order valence-corrected chi connectivity index (χ4v) is 6.07. The first-order valence-electron chi connectivity index (χ1n) is 11.0. The molecule has 2 aromatic carbocycles. The molecule has 4 aromatic rings. The molecule has 0 bridgehead atoms. The number of allylic oxidation sites excluding steroid dienone is 1. The second-order valence-electron chi connectivity index (χ2n) is 8.15. The second-order valence-corrected chi connectivity index (χ2v) is 10.1. The molecule has 2 aromatic heterocycles. The number of nitrogens with one attached hydrogen (secondary N) is 1. The molecule has 176 valence electrons. The summed E-state index contributed by atoms with van der Waals surface area (Å²) in [6.45, 7) is 3.84. The highest BCUT2D eigenvalue weighted by Gasteiger charge is 2.32. The van der Waals surface area contributed by atoms with E-state index in [1.165, 1.54) is 11.3 Å². The van der Waals surface area contributed by atoms with E-state index in [1.54, 1.807) is 23.0 Å². The Hall–Kier alpha value is -3.75. The van der Waals surface area contributed by atoms with E-state index in [-0.39, 0.29) is 11.5 Å². The highest BCUT2D eigenvalue weighted by atomic mass is 32.1. The maximum atomic E-state index is 13.7. The largest absolute Gasteiger partial charge is 0.497 e. The van der Waals surface area contributed by atoms with Crippen LogP contribution < -0.4 is 24.9 Å². The van der Waals surface area contributed by atoms with Gasteiger partial charge in [0.15, 0.2) is 4.80 Å². The molecule has 1 N–H and O–H groups in total. The minimum absolute atomic E-state index is 0.174. The predicted molar refractivity (Wildman–Crippen MR) is 141 cm³/mol. The van der Waals surface area contributed by atoms with Crippen LogP contribution in [0.1, 0.15) is 29.0 Å². The summed E-state index contributed by atoms with van der Waals surface area (Å²) in [5.41, 5.74) is 3.39. The van der Waals surface area contributed by atoms with Crippen LogP contribution in [0.15, 0.2) is 87.1 Å². The van der Waals surface area contributed by atoms with Crippen molar-refractivity contribution in [3.05, 3.63) is 113 Å². The van der Waals surface area contributed by atoms with Crippen LogP contribution in [0.2, 0.25) is 0 Å². The summed E-state index contributed by atoms with van der Waals surface area (Å²) in [5.74, 6) is 0.352. The van der Waals surface area contributed by atoms with Crippen LogP contribution in [0.4, 0.5) is 5.69 Å². The number of carbonyl (C=O) groups is 1. The number of aromatic nitrogens is 1. The number of benzene rings is 2. The van der Waals surface area contributed by atoms with Crippen molar-refractivity contribution < 1.29 is 9.53 Å². The molecule has 6 nitrogen and oxygen atoms in total. The Morgan fingerprint density at radius 1 is 1.11 bits per heavy atom. The monoisotopic (exact) mass is 501 g/mol. The third kappa shape index (κ3) is 4.38. The van der Waals surface area contributed by atoms with Crippen LogP contribution in [0, 0.1) is 6.92 Å². The number of rotatable bonds is 5. The summed E-state index contributed by atoms with van der Waals surface area (Å²) in [6.07, 6.45) is 1.91. The summed E-state index contributed by atoms with van der Waals surface area (Å²) in [5, 5.41) is 4.97. The first-order valence-corrected chi connectivity index (χ1v) is 12.7. The lowest BCUT2D eigenvalue weighted by Crippen LogP contribution is -2.40. The van der Waals surface area contributed by atoms with E-state index in [0.29, 0.717) is 32.0 Å². The molecule has 0 unspecified atom stereocenters. The molecule has 1 atom stereocenters. The molecule has 1 aliphatic heterocycles. The van der Waals surface area contributed by atoms with Crippen LogP contribution in [0.3, 0.4) is 0 Å². The molecule has 1 aliphatic rings. The number of thiophene rings is 1. The highest BCUT2D eigenvalue weighted by molar-refractivity contribution is 7.11. The van der Waals surface area contributed by atoms with Crippen LogP contribution in [0.25, 0.3) is 6.08 Å². The number of hydrogen-bond acceptors (Lipinski definition) is 6. The van der Waals surface area contributed by atoms with Crippen molar-refractivity contribution in [2.45, 2.75) is 19.9 Å². The number of anilines is 1. The van der Waals surface area contributed by atoms with E-state index in [2.05, 4.69) is 5.32 Å². The Morgan fingerprint density at radius 2 is 1.91 bits per heavy atom. The molecule has 8 heteroatoms. The molecule has 35 heavy (non-hydrogen) atoms. The summed E-state index contributed by atoms with van der Waals surface area (Å²) in [6, 6.07) is 18.1. The van der Waals surface area contributed by atoms with Gasteiger partial charge >= 0.3 is 0 Å². The summed E-state index contributed by atoms with van der Waals surface area (Å²) >= 11 is 2.93. The number of ether oxygens (including phenoxy) is 1. The van der Waals surface area contributed by atoms with Gasteiger partial charge in [0.1, 0.15) is 5.75 Å². The van der Waals surface area contributed by atoms with Crippen LogP contribution >= 0.6 is 22.7 Å². The van der Waals surface area contributed by atoms with Crippen LogP contribution in [-0.2, 0) is 4.79 Å². The molecular formula is C27H23N3O3S2. The van der Waals surface area contributed by atoms with Crippen molar-refractivity contribution in [2.75, 3.05) is 12.4 Å². The Bertz CT molecular complexity index is 1630. The van der Waals surface area contributed by atoms with E-state index >= 15 is 0 Å². The molecule has 0 fully saturated rings. The zero-order chi connectivity index (χ0) is 24.5. The molecule has 0 radical (unpaired) electrons. The van der Waals surface area contributed by atoms with Gasteiger partial charge < -0.3 is 10.1 Å². The van der Waals surface area contributed by atoms with Gasteiger partial charge in [-0.3, -0.25) is 14.2 Å². The maximum absolute atomic E-state index is 13.7. The lowest BCUT2D eigenvalue weighted by atomic mass is 9.95. The van der Waals surface area contributed by atoms with Gasteiger partial charge in [-0.1, -0.05) is 41.7 Å². The molecule has 0 saturated heterocycles. The maximum Gasteiger partial charge on any atom is 0.271 e. The first kappa shape index (κ1) is 23.0. The zero-order valence-corrected chi connectivity index (χ0v) is 21.1. The number of amides is 1. The van der Waals surface area contributed by atoms with E-state index in [1.807, 2.05) is 86.0 Å². The third-order valence-corrected chi connectivity index (χ3v) is 7.82. The topological polar surface area (TPSA) is 72.7 Å². The number of thiazole rings is 1. The predicted octanol–water partition coefficient (Wildman–Crippen LogP) is 4.25. The lowest BCUT2D eigenvalue weighted by Gasteiger charge is -2.25. The van der Waals surface area contributed by atoms with Crippen LogP contribution in [0.5, 0.6) is 5.75 Å². The summed E-state index contributed by atoms with van der Waals surface area (Å²) in [7, 11) is 1.60. The number of fused-ring (bicyclic) bond motifs is 1. The SMILES string of the molecule is COc1cccc([C@@H]2C(C(=O)Nc3ccccc3)=C(C)N=c3s/c(=C\c4sccc4C)c(=O)n32)c1. The van der Waals surface area contributed by atoms with Gasteiger partial charge in [0.2, 0.25) is 0 Å². The molecule has 0 spiro atoms. The van der Waals surface area contributed by atoms with Crippen molar-refractivity contribution in [3.63, 3.8) is 0 Å². The summed E-state index contributed by atoms with van der Waals surface area (Å²) < 4.78 is 7.65. The molecular weight excluding hydrogens is 478 g/mol. The first-order chi connectivity index (χ1) is 17.0. The van der Waals surface area contributed by atoms with Crippen molar-refractivity contribution in [2.24, 2.45) is 4.99 Å². The van der Waals surface area contributed by atoms with Gasteiger partial charge in [0.25, 0.3) is 11.5 Å². The minimum atomic E-state index is -0.642. The Labute approximate surface area is 210 Å². The molecule has 1 amide bonds. The summed E-state index contributed by atoms with van der Waals surface area (Å²) in [4.78, 5) is 33.6. The van der Waals surface area contributed by atoms with E-state index in [0.717, 1.165) is 16.0 Å². The van der Waals surface area contributed by atoms with Gasteiger partial charge in [-0.15, -0.1) is 11.3 Å². The van der Waals surface area contributed by atoms with Crippen molar-refractivity contribution in [1.82, 2.24) is 4.57 Å². The molecule has 3 heterocycles. The smallest absolute Gasteiger partial charge is 0.271 e. The lowest BCUT2D eigenvalue weighted by molar-refractivity contribution is -0.113. The second kappa shape index (κ2) is 9.48. The number of methoxy groups -OCH3 is 1. The molecule has 5 rings (SSSR count). The van der Waals surface area contributed by atoms with Gasteiger partial charge in [0, 0.05) is 10.6 Å². The molecule has 0 aliphatic carbocycles. The van der Waals surface area contributed by atoms with Gasteiger partial charge in [-0.2, -0.15) is 0 Å². The fraction of sp³-hybridized carbons (Fsp3) is 0.148. The van der Waals surface area contributed by atoms with E-state index < -0.39 is 6.04 Å². The number of aryl methyl sites for hydroxylation is 1. The average molecular weight is 502 g/mol. The number of nitrogens with zero attached hydrogens (tertiary/aromatic N) is 2. The normalized spacial score (nSPS) is 15.5. The van der Waals surface area contributed by atoms with E-state index in [9.17, 15) is 9.59 Å². The van der Waals surface area contributed by atoms with Crippen molar-refractivity contribution in [3.8, 4) is 5.75 Å². The van der Waals surface area contributed by atoms with E-state index in [4.69, 9.17) is 9.73 Å². The number of para-hydroxylation sites is 1. The van der Waals surface area contributed by atoms with Crippen LogP contribution in [-0.4, -0.2) is 17.6 Å². The third-order valence-electron chi connectivity index (χ3n) is 5.87. The van der Waals surface area contributed by atoms with Gasteiger partial charge in [0.05, 0.1) is 29.0 Å². The zero-order valence-electron chi connectivity index (χ0n) is 19.4. The number of carbonyl (C=O) groups excluding carboxylic acids is 1. The Balaban J connectivity index is 1.70. The molecule has 0 saturated carbocycles. The standard InChI is InChI=1S/C27H23N3O3S2/c1-16-12-13-34-21(16)15-22-26(32)30-24(18-8-7-11-20(14-18)33-3)23(17(2)28-27(30)35-22)25(31)29-19-9-5-4-6-10-19/h4-15,24H,1-3H3,(H,29,31)/b22-15-/t24-/m1/s1. The van der Waals surface area contributed by atoms with Gasteiger partial charge in [-0.25, -0.2) is 4.99 Å². The van der Waals surface area contributed by atoms with Crippen molar-refractivity contribution >= 4 is 40.3 Å². The average Bonchev–Trinajstić information content (AvgIpc) is 3.40. The van der Waals surface area contributed by atoms with Crippen molar-refractivity contribution in [1.29, 1.82) is 0 Å². The Morgan fingerprint density at radius 3 is 2.63 bits per heavy atom. The number of hydrogen-bond donors (Lipinski definition) is 1. The Kier molecular flexibility index (Phi) is 6.23. The quantitative estimate of drug-likeness (QED) is 0.444. The highest BCUT2D eigenvalue weighted by Crippen LogP contribution is 2.32. The van der Waals surface area contributed by atoms with Gasteiger partial charge in [-0.05, 0) is 66.8 Å². The fourth-order valence-electron chi connectivity index (χ4n) is 4.11.